The average molecular weight is 506 g/mol. The van der Waals surface area contributed by atoms with Crippen molar-refractivity contribution < 1.29 is 35.3 Å². The van der Waals surface area contributed by atoms with Crippen LogP contribution in [0.5, 0.6) is 0 Å². The van der Waals surface area contributed by atoms with Crippen LogP contribution in [-0.4, -0.2) is 55.5 Å². The van der Waals surface area contributed by atoms with Crippen molar-refractivity contribution >= 4 is 21.6 Å². The second-order valence-electron chi connectivity index (χ2n) is 8.02. The van der Waals surface area contributed by atoms with Crippen molar-refractivity contribution in [3.8, 4) is 0 Å². The van der Waals surface area contributed by atoms with Gasteiger partial charge in [-0.2, -0.15) is 13.2 Å². The van der Waals surface area contributed by atoms with Gasteiger partial charge in [0.1, 0.15) is 15.7 Å². The van der Waals surface area contributed by atoms with E-state index in [2.05, 4.69) is 9.68 Å². The predicted octanol–water partition coefficient (Wildman–Crippen LogP) is 4.07. The second-order valence-corrected chi connectivity index (χ2v) is 10.3. The van der Waals surface area contributed by atoms with E-state index in [1.807, 2.05) is 13.8 Å². The molecule has 2 aliphatic rings. The summed E-state index contributed by atoms with van der Waals surface area (Å²) in [6, 6.07) is 5.80. The summed E-state index contributed by atoms with van der Waals surface area (Å²) < 4.78 is 80.0. The molecule has 0 saturated carbocycles. The summed E-state index contributed by atoms with van der Waals surface area (Å²) in [5.74, 6) is -2.42. The van der Waals surface area contributed by atoms with E-state index in [0.717, 1.165) is 6.07 Å². The number of aromatic nitrogens is 1. The average Bonchev–Trinajstić information content (AvgIpc) is 3.31. The zero-order valence-corrected chi connectivity index (χ0v) is 19.7. The van der Waals surface area contributed by atoms with Crippen molar-refractivity contribution in [1.29, 1.82) is 0 Å². The maximum Gasteiger partial charge on any atom is 0.452 e. The Hall–Kier alpha value is -2.63. The fraction of sp³-hybridized carbons (Fsp3) is 0.545. The van der Waals surface area contributed by atoms with Crippen molar-refractivity contribution in [3.63, 3.8) is 0 Å². The van der Waals surface area contributed by atoms with Gasteiger partial charge in [0.15, 0.2) is 5.82 Å². The standard InChI is InChI=1S/C20H21F4N3O4S.C2H6/c21-15-3-1-13(2-4-15)16-12-26(18-11-17(31-25-18)20(22,23)24)7-8-27(16)19(28)14-5-9-32(29,30)10-6-14;1-2/h1-4,11,14,16H,5-10,12H2;1-2H3. The number of carbonyl (C=O) groups is 1. The molecule has 1 aromatic heterocycles. The number of hydrogen-bond acceptors (Lipinski definition) is 6. The Balaban J connectivity index is 0.00000158. The minimum absolute atomic E-state index is 0.000274. The number of alkyl halides is 3. The number of carbonyl (C=O) groups excluding carboxylic acids is 1. The van der Waals surface area contributed by atoms with Crippen molar-refractivity contribution in [2.24, 2.45) is 5.92 Å². The minimum Gasteiger partial charge on any atom is -0.350 e. The number of sulfone groups is 1. The molecule has 1 atom stereocenters. The maximum atomic E-state index is 13.5. The SMILES string of the molecule is CC.O=C(C1CCS(=O)(=O)CC1)N1CCN(c2cc(C(F)(F)F)on2)CC1c1ccc(F)cc1. The molecule has 2 saturated heterocycles. The lowest BCUT2D eigenvalue weighted by atomic mass is 9.96. The largest absolute Gasteiger partial charge is 0.452 e. The Morgan fingerprint density at radius 2 is 1.71 bits per heavy atom. The van der Waals surface area contributed by atoms with Crippen molar-refractivity contribution in [3.05, 3.63) is 47.5 Å². The molecular formula is C22H27F4N3O4S. The molecule has 4 rings (SSSR count). The number of amides is 1. The number of benzene rings is 1. The quantitative estimate of drug-likeness (QED) is 0.585. The first-order valence-corrected chi connectivity index (χ1v) is 12.9. The van der Waals surface area contributed by atoms with Crippen molar-refractivity contribution in [1.82, 2.24) is 10.1 Å². The van der Waals surface area contributed by atoms with Crippen LogP contribution in [0.4, 0.5) is 23.4 Å². The summed E-state index contributed by atoms with van der Waals surface area (Å²) in [6.45, 7) is 4.54. The van der Waals surface area contributed by atoms with E-state index in [9.17, 15) is 30.8 Å². The van der Waals surface area contributed by atoms with Gasteiger partial charge < -0.3 is 14.3 Å². The van der Waals surface area contributed by atoms with Crippen LogP contribution in [0.2, 0.25) is 0 Å². The van der Waals surface area contributed by atoms with E-state index in [4.69, 9.17) is 0 Å². The molecule has 2 aromatic rings. The van der Waals surface area contributed by atoms with Gasteiger partial charge in [0.2, 0.25) is 11.7 Å². The van der Waals surface area contributed by atoms with E-state index in [1.165, 1.54) is 24.3 Å². The first kappa shape index (κ1) is 26.0. The molecule has 3 heterocycles. The van der Waals surface area contributed by atoms with E-state index in [-0.39, 0.29) is 55.7 Å². The molecule has 7 nitrogen and oxygen atoms in total. The fourth-order valence-corrected chi connectivity index (χ4v) is 5.64. The highest BCUT2D eigenvalue weighted by molar-refractivity contribution is 7.91. The van der Waals surface area contributed by atoms with E-state index >= 15 is 0 Å². The number of hydrogen-bond donors (Lipinski definition) is 0. The predicted molar refractivity (Wildman–Crippen MR) is 117 cm³/mol. The molecule has 0 N–H and O–H groups in total. The summed E-state index contributed by atoms with van der Waals surface area (Å²) in [5.41, 5.74) is 0.618. The van der Waals surface area contributed by atoms with E-state index < -0.39 is 39.6 Å². The monoisotopic (exact) mass is 505 g/mol. The van der Waals surface area contributed by atoms with Gasteiger partial charge in [0.25, 0.3) is 0 Å². The lowest BCUT2D eigenvalue weighted by Crippen LogP contribution is -2.53. The van der Waals surface area contributed by atoms with Gasteiger partial charge in [0.05, 0.1) is 17.5 Å². The van der Waals surface area contributed by atoms with Crippen molar-refractivity contribution in [2.75, 3.05) is 36.0 Å². The number of anilines is 1. The zero-order valence-electron chi connectivity index (χ0n) is 18.9. The van der Waals surface area contributed by atoms with Crippen LogP contribution in [0, 0.1) is 11.7 Å². The molecule has 1 aromatic carbocycles. The molecule has 0 radical (unpaired) electrons. The van der Waals surface area contributed by atoms with E-state index in [0.29, 0.717) is 5.56 Å². The molecule has 0 spiro atoms. The number of rotatable bonds is 3. The summed E-state index contributed by atoms with van der Waals surface area (Å²) in [5, 5.41) is 3.53. The number of piperazine rings is 1. The molecule has 2 aliphatic heterocycles. The molecule has 34 heavy (non-hydrogen) atoms. The van der Waals surface area contributed by atoms with Gasteiger partial charge in [-0.05, 0) is 30.5 Å². The summed E-state index contributed by atoms with van der Waals surface area (Å²) in [4.78, 5) is 16.4. The second kappa shape index (κ2) is 10.3. The van der Waals surface area contributed by atoms with Crippen LogP contribution >= 0.6 is 0 Å². The Bertz CT molecular complexity index is 1070. The molecule has 188 valence electrons. The van der Waals surface area contributed by atoms with Crippen LogP contribution in [0.25, 0.3) is 0 Å². The van der Waals surface area contributed by atoms with Gasteiger partial charge in [0, 0.05) is 31.6 Å². The minimum atomic E-state index is -4.67. The van der Waals surface area contributed by atoms with Gasteiger partial charge in [-0.3, -0.25) is 4.79 Å². The lowest BCUT2D eigenvalue weighted by Gasteiger charge is -2.43. The first-order chi connectivity index (χ1) is 16.0. The summed E-state index contributed by atoms with van der Waals surface area (Å²) in [7, 11) is -3.14. The van der Waals surface area contributed by atoms with Gasteiger partial charge >= 0.3 is 6.18 Å². The first-order valence-electron chi connectivity index (χ1n) is 11.1. The van der Waals surface area contributed by atoms with Crippen LogP contribution in [0.3, 0.4) is 0 Å². The molecule has 1 unspecified atom stereocenters. The third-order valence-electron chi connectivity index (χ3n) is 5.92. The van der Waals surface area contributed by atoms with Gasteiger partial charge in [-0.25, -0.2) is 12.8 Å². The third kappa shape index (κ3) is 5.89. The normalized spacial score (nSPS) is 21.1. The smallest absolute Gasteiger partial charge is 0.350 e. The maximum absolute atomic E-state index is 13.5. The van der Waals surface area contributed by atoms with Gasteiger partial charge in [-0.1, -0.05) is 31.1 Å². The Morgan fingerprint density at radius 1 is 1.09 bits per heavy atom. The highest BCUT2D eigenvalue weighted by Crippen LogP contribution is 2.35. The molecule has 12 heteroatoms. The van der Waals surface area contributed by atoms with Gasteiger partial charge in [-0.15, -0.1) is 0 Å². The Labute approximate surface area is 195 Å². The molecule has 0 aliphatic carbocycles. The number of halogens is 4. The highest BCUT2D eigenvalue weighted by atomic mass is 32.2. The molecular weight excluding hydrogens is 478 g/mol. The van der Waals surface area contributed by atoms with Crippen molar-refractivity contribution in [2.45, 2.75) is 38.9 Å². The fourth-order valence-electron chi connectivity index (χ4n) is 4.15. The zero-order chi connectivity index (χ0) is 25.1. The van der Waals surface area contributed by atoms with Crippen LogP contribution in [-0.2, 0) is 20.8 Å². The van der Waals surface area contributed by atoms with Crippen LogP contribution in [0.1, 0.15) is 44.1 Å². The van der Waals surface area contributed by atoms with Crippen LogP contribution < -0.4 is 4.90 Å². The highest BCUT2D eigenvalue weighted by Gasteiger charge is 2.40. The summed E-state index contributed by atoms with van der Waals surface area (Å²) in [6.07, 6.45) is -4.20. The molecule has 2 fully saturated rings. The Kier molecular flexibility index (Phi) is 7.89. The Morgan fingerprint density at radius 3 is 2.26 bits per heavy atom. The number of nitrogens with zero attached hydrogens (tertiary/aromatic N) is 3. The third-order valence-corrected chi connectivity index (χ3v) is 7.64. The molecule has 0 bridgehead atoms. The summed E-state index contributed by atoms with van der Waals surface area (Å²) >= 11 is 0. The van der Waals surface area contributed by atoms with Crippen LogP contribution in [0.15, 0.2) is 34.9 Å². The van der Waals surface area contributed by atoms with E-state index in [1.54, 1.807) is 9.80 Å². The molecule has 1 amide bonds. The topological polar surface area (TPSA) is 83.7 Å². The lowest BCUT2D eigenvalue weighted by molar-refractivity contribution is -0.155.